The van der Waals surface area contributed by atoms with Gasteiger partial charge in [0.2, 0.25) is 0 Å². The molecule has 2 aromatic carbocycles. The summed E-state index contributed by atoms with van der Waals surface area (Å²) < 4.78 is 0.921. The molecule has 0 spiro atoms. The minimum Gasteiger partial charge on any atom is -0.322 e. The van der Waals surface area contributed by atoms with E-state index in [4.69, 9.17) is 0 Å². The number of aryl methyl sites for hydroxylation is 2. The van der Waals surface area contributed by atoms with E-state index in [9.17, 15) is 4.79 Å². The summed E-state index contributed by atoms with van der Waals surface area (Å²) in [6, 6.07) is 13.7. The number of nitrogens with one attached hydrogen (secondary N) is 1. The van der Waals surface area contributed by atoms with Gasteiger partial charge in [-0.1, -0.05) is 47.5 Å². The van der Waals surface area contributed by atoms with Crippen LogP contribution in [0.4, 0.5) is 5.69 Å². The summed E-state index contributed by atoms with van der Waals surface area (Å²) in [6.45, 7) is 4.11. The summed E-state index contributed by atoms with van der Waals surface area (Å²) in [5, 5.41) is 3.01. The van der Waals surface area contributed by atoms with Crippen LogP contribution in [0.1, 0.15) is 34.8 Å². The highest BCUT2D eigenvalue weighted by Crippen LogP contribution is 2.20. The molecule has 0 aliphatic carbocycles. The highest BCUT2D eigenvalue weighted by atomic mass is 79.9. The number of hydrogen-bond acceptors (Lipinski definition) is 1. The Balaban J connectivity index is 2.23. The SMILES string of the molecule is CCCc1ccccc1NC(=O)c1cc(C)cc(Br)c1. The molecule has 2 aromatic rings. The van der Waals surface area contributed by atoms with E-state index in [1.165, 1.54) is 5.56 Å². The molecule has 0 fully saturated rings. The van der Waals surface area contributed by atoms with Crippen molar-refractivity contribution < 1.29 is 4.79 Å². The zero-order valence-corrected chi connectivity index (χ0v) is 13.3. The molecule has 0 aliphatic rings. The molecule has 1 N–H and O–H groups in total. The Kier molecular flexibility index (Phi) is 4.96. The van der Waals surface area contributed by atoms with Gasteiger partial charge >= 0.3 is 0 Å². The third-order valence-corrected chi connectivity index (χ3v) is 3.55. The van der Waals surface area contributed by atoms with Gasteiger partial charge in [-0.15, -0.1) is 0 Å². The molecule has 2 rings (SSSR count). The number of hydrogen-bond donors (Lipinski definition) is 1. The number of rotatable bonds is 4. The molecule has 0 saturated heterocycles. The molecule has 0 aliphatic heterocycles. The van der Waals surface area contributed by atoms with E-state index in [2.05, 4.69) is 34.2 Å². The predicted octanol–water partition coefficient (Wildman–Crippen LogP) is 4.96. The van der Waals surface area contributed by atoms with Crippen LogP contribution in [0.2, 0.25) is 0 Å². The maximum Gasteiger partial charge on any atom is 0.255 e. The Morgan fingerprint density at radius 1 is 1.20 bits per heavy atom. The second-order valence-electron chi connectivity index (χ2n) is 4.88. The van der Waals surface area contributed by atoms with E-state index in [0.29, 0.717) is 5.56 Å². The van der Waals surface area contributed by atoms with E-state index in [1.54, 1.807) is 0 Å². The van der Waals surface area contributed by atoms with Crippen molar-refractivity contribution in [2.24, 2.45) is 0 Å². The Morgan fingerprint density at radius 2 is 1.95 bits per heavy atom. The van der Waals surface area contributed by atoms with E-state index in [1.807, 2.05) is 43.3 Å². The lowest BCUT2D eigenvalue weighted by molar-refractivity contribution is 0.102. The third kappa shape index (κ3) is 3.70. The first-order valence-corrected chi connectivity index (χ1v) is 7.56. The Labute approximate surface area is 128 Å². The standard InChI is InChI=1S/C17H18BrNO/c1-3-6-13-7-4-5-8-16(13)19-17(20)14-9-12(2)10-15(18)11-14/h4-5,7-11H,3,6H2,1-2H3,(H,19,20). The van der Waals surface area contributed by atoms with Gasteiger partial charge in [-0.2, -0.15) is 0 Å². The van der Waals surface area contributed by atoms with E-state index in [-0.39, 0.29) is 5.91 Å². The lowest BCUT2D eigenvalue weighted by atomic mass is 10.1. The highest BCUT2D eigenvalue weighted by molar-refractivity contribution is 9.10. The van der Waals surface area contributed by atoms with Crippen molar-refractivity contribution in [3.8, 4) is 0 Å². The maximum absolute atomic E-state index is 12.3. The topological polar surface area (TPSA) is 29.1 Å². The average molecular weight is 332 g/mol. The molecule has 0 atom stereocenters. The summed E-state index contributed by atoms with van der Waals surface area (Å²) in [5.41, 5.74) is 3.81. The fourth-order valence-corrected chi connectivity index (χ4v) is 2.80. The van der Waals surface area contributed by atoms with E-state index in [0.717, 1.165) is 28.6 Å². The molecule has 20 heavy (non-hydrogen) atoms. The van der Waals surface area contributed by atoms with Crippen LogP contribution >= 0.6 is 15.9 Å². The summed E-state index contributed by atoms with van der Waals surface area (Å²) in [4.78, 5) is 12.3. The summed E-state index contributed by atoms with van der Waals surface area (Å²) in [7, 11) is 0. The fourth-order valence-electron chi connectivity index (χ4n) is 2.19. The van der Waals surface area contributed by atoms with Crippen LogP contribution in [0.3, 0.4) is 0 Å². The van der Waals surface area contributed by atoms with Gasteiger partial charge in [0.05, 0.1) is 0 Å². The molecule has 104 valence electrons. The molecular weight excluding hydrogens is 314 g/mol. The van der Waals surface area contributed by atoms with E-state index < -0.39 is 0 Å². The molecule has 0 aromatic heterocycles. The van der Waals surface area contributed by atoms with Crippen LogP contribution in [-0.2, 0) is 6.42 Å². The van der Waals surface area contributed by atoms with Crippen molar-refractivity contribution in [3.05, 3.63) is 63.6 Å². The monoisotopic (exact) mass is 331 g/mol. The number of anilines is 1. The molecule has 3 heteroatoms. The average Bonchev–Trinajstić information content (AvgIpc) is 2.40. The Morgan fingerprint density at radius 3 is 2.65 bits per heavy atom. The van der Waals surface area contributed by atoms with Gasteiger partial charge in [0.1, 0.15) is 0 Å². The number of carbonyl (C=O) groups excluding carboxylic acids is 1. The van der Waals surface area contributed by atoms with Crippen molar-refractivity contribution in [2.45, 2.75) is 26.7 Å². The Hall–Kier alpha value is -1.61. The molecule has 0 heterocycles. The van der Waals surface area contributed by atoms with E-state index >= 15 is 0 Å². The van der Waals surface area contributed by atoms with Gasteiger partial charge in [0.25, 0.3) is 5.91 Å². The number of amides is 1. The van der Waals surface area contributed by atoms with Crippen LogP contribution in [0, 0.1) is 6.92 Å². The predicted molar refractivity (Wildman–Crippen MR) is 87.3 cm³/mol. The fraction of sp³-hybridized carbons (Fsp3) is 0.235. The van der Waals surface area contributed by atoms with Gasteiger partial charge in [-0.05, 0) is 48.7 Å². The van der Waals surface area contributed by atoms with Gasteiger partial charge in [-0.3, -0.25) is 4.79 Å². The summed E-state index contributed by atoms with van der Waals surface area (Å²) >= 11 is 3.43. The molecule has 0 unspecified atom stereocenters. The van der Waals surface area contributed by atoms with Crippen LogP contribution in [0.5, 0.6) is 0 Å². The number of carbonyl (C=O) groups is 1. The lowest BCUT2D eigenvalue weighted by Crippen LogP contribution is -2.13. The van der Waals surface area contributed by atoms with Crippen molar-refractivity contribution in [3.63, 3.8) is 0 Å². The number of para-hydroxylation sites is 1. The highest BCUT2D eigenvalue weighted by Gasteiger charge is 2.09. The zero-order valence-electron chi connectivity index (χ0n) is 11.7. The summed E-state index contributed by atoms with van der Waals surface area (Å²) in [6.07, 6.45) is 2.02. The first kappa shape index (κ1) is 14.8. The first-order chi connectivity index (χ1) is 9.60. The molecule has 2 nitrogen and oxygen atoms in total. The van der Waals surface area contributed by atoms with Crippen LogP contribution in [0.25, 0.3) is 0 Å². The maximum atomic E-state index is 12.3. The van der Waals surface area contributed by atoms with Crippen molar-refractivity contribution in [1.29, 1.82) is 0 Å². The lowest BCUT2D eigenvalue weighted by Gasteiger charge is -2.11. The quantitative estimate of drug-likeness (QED) is 0.842. The van der Waals surface area contributed by atoms with Crippen LogP contribution in [-0.4, -0.2) is 5.91 Å². The van der Waals surface area contributed by atoms with Gasteiger partial charge in [-0.25, -0.2) is 0 Å². The van der Waals surface area contributed by atoms with Crippen molar-refractivity contribution in [1.82, 2.24) is 0 Å². The van der Waals surface area contributed by atoms with Gasteiger partial charge in [0, 0.05) is 15.7 Å². The minimum atomic E-state index is -0.0713. The number of benzene rings is 2. The first-order valence-electron chi connectivity index (χ1n) is 6.76. The van der Waals surface area contributed by atoms with Gasteiger partial charge < -0.3 is 5.32 Å². The molecule has 0 radical (unpaired) electrons. The van der Waals surface area contributed by atoms with Crippen molar-refractivity contribution >= 4 is 27.5 Å². The summed E-state index contributed by atoms with van der Waals surface area (Å²) in [5.74, 6) is -0.0713. The second-order valence-corrected chi connectivity index (χ2v) is 5.79. The molecule has 1 amide bonds. The minimum absolute atomic E-state index is 0.0713. The zero-order chi connectivity index (χ0) is 14.5. The van der Waals surface area contributed by atoms with Crippen LogP contribution < -0.4 is 5.32 Å². The molecule has 0 bridgehead atoms. The number of halogens is 1. The van der Waals surface area contributed by atoms with Gasteiger partial charge in [0.15, 0.2) is 0 Å². The third-order valence-electron chi connectivity index (χ3n) is 3.09. The largest absolute Gasteiger partial charge is 0.322 e. The Bertz CT molecular complexity index is 602. The van der Waals surface area contributed by atoms with Crippen molar-refractivity contribution in [2.75, 3.05) is 5.32 Å². The van der Waals surface area contributed by atoms with Crippen LogP contribution in [0.15, 0.2) is 46.9 Å². The molecular formula is C17H18BrNO. The smallest absolute Gasteiger partial charge is 0.255 e. The molecule has 0 saturated carbocycles. The normalized spacial score (nSPS) is 10.3. The second kappa shape index (κ2) is 6.71.